The Morgan fingerprint density at radius 1 is 1.18 bits per heavy atom. The van der Waals surface area contributed by atoms with E-state index in [4.69, 9.17) is 14.2 Å². The molecular formula is C25H25FN2O5S. The smallest absolute Gasteiger partial charge is 0.350 e. The van der Waals surface area contributed by atoms with Gasteiger partial charge >= 0.3 is 12.0 Å². The van der Waals surface area contributed by atoms with Crippen LogP contribution in [0.15, 0.2) is 53.9 Å². The molecule has 34 heavy (non-hydrogen) atoms. The van der Waals surface area contributed by atoms with E-state index in [0.29, 0.717) is 42.7 Å². The standard InChI is InChI=1S/C25H25FN2O5S/c1-16-20-13-18(15-32-14-17-4-3-5-19(26)12-17)6-7-22(20)33-10-9-28(16)25(30)27-21-8-11-34-23(21)24(29)31-2/h3-8,11-13,16H,9-10,14-15H2,1-2H3,(H,27,30). The molecular weight excluding hydrogens is 459 g/mol. The summed E-state index contributed by atoms with van der Waals surface area (Å²) in [6.07, 6.45) is 0. The molecule has 0 radical (unpaired) electrons. The number of ether oxygens (including phenoxy) is 3. The van der Waals surface area contributed by atoms with E-state index in [1.165, 1.54) is 30.6 Å². The Kier molecular flexibility index (Phi) is 7.44. The van der Waals surface area contributed by atoms with E-state index in [1.807, 2.05) is 31.2 Å². The van der Waals surface area contributed by atoms with Gasteiger partial charge in [-0.15, -0.1) is 11.3 Å². The first kappa shape index (κ1) is 23.7. The van der Waals surface area contributed by atoms with E-state index >= 15 is 0 Å². The average Bonchev–Trinajstić information content (AvgIpc) is 3.22. The highest BCUT2D eigenvalue weighted by Gasteiger charge is 2.28. The van der Waals surface area contributed by atoms with E-state index < -0.39 is 5.97 Å². The van der Waals surface area contributed by atoms with Crippen molar-refractivity contribution in [3.05, 3.63) is 81.3 Å². The third-order valence-electron chi connectivity index (χ3n) is 5.55. The van der Waals surface area contributed by atoms with Gasteiger partial charge in [0.25, 0.3) is 0 Å². The van der Waals surface area contributed by atoms with Crippen LogP contribution in [0.4, 0.5) is 14.9 Å². The van der Waals surface area contributed by atoms with Crippen molar-refractivity contribution in [2.45, 2.75) is 26.2 Å². The minimum atomic E-state index is -0.495. The molecule has 2 amide bonds. The summed E-state index contributed by atoms with van der Waals surface area (Å²) < 4.78 is 29.8. The van der Waals surface area contributed by atoms with Crippen LogP contribution in [0, 0.1) is 5.82 Å². The number of esters is 1. The zero-order valence-corrected chi connectivity index (χ0v) is 19.7. The van der Waals surface area contributed by atoms with Crippen LogP contribution in [0.2, 0.25) is 0 Å². The van der Waals surface area contributed by atoms with Crippen LogP contribution in [0.3, 0.4) is 0 Å². The molecule has 9 heteroatoms. The molecule has 178 valence electrons. The number of amides is 2. The number of fused-ring (bicyclic) bond motifs is 1. The lowest BCUT2D eigenvalue weighted by Crippen LogP contribution is -2.38. The van der Waals surface area contributed by atoms with Gasteiger partial charge in [-0.25, -0.2) is 14.0 Å². The Bertz CT molecular complexity index is 1180. The van der Waals surface area contributed by atoms with Crippen molar-refractivity contribution in [1.29, 1.82) is 0 Å². The number of hydrogen-bond donors (Lipinski definition) is 1. The van der Waals surface area contributed by atoms with Crippen molar-refractivity contribution in [2.24, 2.45) is 0 Å². The maximum atomic E-state index is 13.4. The Labute approximate surface area is 201 Å². The molecule has 2 heterocycles. The Morgan fingerprint density at radius 2 is 1.97 bits per heavy atom. The highest BCUT2D eigenvalue weighted by atomic mass is 32.1. The van der Waals surface area contributed by atoms with Crippen molar-refractivity contribution in [1.82, 2.24) is 4.90 Å². The number of nitrogens with zero attached hydrogens (tertiary/aromatic N) is 1. The second kappa shape index (κ2) is 10.7. The summed E-state index contributed by atoms with van der Waals surface area (Å²) in [6.45, 7) is 3.27. The fraction of sp³-hybridized carbons (Fsp3) is 0.280. The number of carbonyl (C=O) groups is 2. The molecule has 1 unspecified atom stereocenters. The van der Waals surface area contributed by atoms with E-state index in [2.05, 4.69) is 5.32 Å². The van der Waals surface area contributed by atoms with Crippen molar-refractivity contribution in [3.8, 4) is 5.75 Å². The van der Waals surface area contributed by atoms with E-state index in [0.717, 1.165) is 16.7 Å². The highest BCUT2D eigenvalue weighted by molar-refractivity contribution is 7.12. The van der Waals surface area contributed by atoms with Gasteiger partial charge in [0.15, 0.2) is 0 Å². The summed E-state index contributed by atoms with van der Waals surface area (Å²) in [5, 5.41) is 4.55. The summed E-state index contributed by atoms with van der Waals surface area (Å²) in [5.74, 6) is -0.0788. The number of hydrogen-bond acceptors (Lipinski definition) is 6. The fourth-order valence-corrected chi connectivity index (χ4v) is 4.56. The average molecular weight is 485 g/mol. The number of urea groups is 1. The van der Waals surface area contributed by atoms with Gasteiger partial charge in [-0.2, -0.15) is 0 Å². The second-order valence-electron chi connectivity index (χ2n) is 7.80. The maximum absolute atomic E-state index is 13.4. The number of nitrogens with one attached hydrogen (secondary N) is 1. The number of rotatable bonds is 6. The number of benzene rings is 2. The Hall–Kier alpha value is -3.43. The molecule has 2 aromatic carbocycles. The molecule has 4 rings (SSSR count). The fourth-order valence-electron chi connectivity index (χ4n) is 3.80. The van der Waals surface area contributed by atoms with Gasteiger partial charge in [0.05, 0.1) is 38.6 Å². The largest absolute Gasteiger partial charge is 0.491 e. The lowest BCUT2D eigenvalue weighted by molar-refractivity contribution is 0.0607. The van der Waals surface area contributed by atoms with Crippen molar-refractivity contribution >= 4 is 29.0 Å². The van der Waals surface area contributed by atoms with Crippen molar-refractivity contribution < 1.29 is 28.2 Å². The van der Waals surface area contributed by atoms with Crippen LogP contribution in [0.25, 0.3) is 0 Å². The zero-order chi connectivity index (χ0) is 24.1. The number of methoxy groups -OCH3 is 1. The molecule has 0 saturated carbocycles. The predicted molar refractivity (Wildman–Crippen MR) is 127 cm³/mol. The normalized spacial score (nSPS) is 15.1. The number of thiophene rings is 1. The molecule has 0 aliphatic carbocycles. The molecule has 0 spiro atoms. The summed E-state index contributed by atoms with van der Waals surface area (Å²) in [5.41, 5.74) is 2.95. The van der Waals surface area contributed by atoms with E-state index in [-0.39, 0.29) is 17.9 Å². The summed E-state index contributed by atoms with van der Waals surface area (Å²) in [6, 6.07) is 13.1. The van der Waals surface area contributed by atoms with Gasteiger partial charge < -0.3 is 24.4 Å². The molecule has 0 bridgehead atoms. The molecule has 1 atom stereocenters. The lowest BCUT2D eigenvalue weighted by Gasteiger charge is -2.27. The predicted octanol–water partition coefficient (Wildman–Crippen LogP) is 5.38. The molecule has 1 aliphatic heterocycles. The Balaban J connectivity index is 1.45. The van der Waals surface area contributed by atoms with Gasteiger partial charge in [0, 0.05) is 5.56 Å². The van der Waals surface area contributed by atoms with Gasteiger partial charge in [0.1, 0.15) is 23.1 Å². The molecule has 1 N–H and O–H groups in total. The quantitative estimate of drug-likeness (QED) is 0.476. The second-order valence-corrected chi connectivity index (χ2v) is 8.71. The first-order valence-electron chi connectivity index (χ1n) is 10.8. The Morgan fingerprint density at radius 3 is 2.74 bits per heavy atom. The molecule has 1 aliphatic rings. The topological polar surface area (TPSA) is 77.1 Å². The maximum Gasteiger partial charge on any atom is 0.350 e. The molecule has 3 aromatic rings. The van der Waals surface area contributed by atoms with Crippen LogP contribution in [0.5, 0.6) is 5.75 Å². The van der Waals surface area contributed by atoms with Gasteiger partial charge in [-0.05, 0) is 53.8 Å². The molecule has 1 aromatic heterocycles. The minimum absolute atomic E-state index is 0.277. The van der Waals surface area contributed by atoms with E-state index in [1.54, 1.807) is 22.4 Å². The van der Waals surface area contributed by atoms with Crippen LogP contribution in [-0.4, -0.2) is 37.2 Å². The van der Waals surface area contributed by atoms with Gasteiger partial charge in [-0.1, -0.05) is 18.2 Å². The lowest BCUT2D eigenvalue weighted by atomic mass is 10.0. The van der Waals surface area contributed by atoms with Crippen LogP contribution in [0.1, 0.15) is 39.3 Å². The van der Waals surface area contributed by atoms with Crippen LogP contribution in [-0.2, 0) is 22.7 Å². The third-order valence-corrected chi connectivity index (χ3v) is 6.44. The van der Waals surface area contributed by atoms with Crippen LogP contribution < -0.4 is 10.1 Å². The summed E-state index contributed by atoms with van der Waals surface area (Å²) >= 11 is 1.21. The monoisotopic (exact) mass is 484 g/mol. The first-order chi connectivity index (χ1) is 16.5. The van der Waals surface area contributed by atoms with E-state index in [9.17, 15) is 14.0 Å². The summed E-state index contributed by atoms with van der Waals surface area (Å²) in [7, 11) is 1.30. The number of anilines is 1. The van der Waals surface area contributed by atoms with Crippen molar-refractivity contribution in [3.63, 3.8) is 0 Å². The number of carbonyl (C=O) groups excluding carboxylic acids is 2. The van der Waals surface area contributed by atoms with Gasteiger partial charge in [0.2, 0.25) is 0 Å². The zero-order valence-electron chi connectivity index (χ0n) is 18.9. The molecule has 0 saturated heterocycles. The third kappa shape index (κ3) is 5.37. The molecule has 0 fully saturated rings. The van der Waals surface area contributed by atoms with Gasteiger partial charge in [-0.3, -0.25) is 0 Å². The minimum Gasteiger partial charge on any atom is -0.491 e. The number of halogens is 1. The first-order valence-corrected chi connectivity index (χ1v) is 11.7. The van der Waals surface area contributed by atoms with Crippen molar-refractivity contribution in [2.75, 3.05) is 25.6 Å². The van der Waals surface area contributed by atoms with Crippen LogP contribution >= 0.6 is 11.3 Å². The molecule has 7 nitrogen and oxygen atoms in total. The SMILES string of the molecule is COC(=O)c1sccc1NC(=O)N1CCOc2ccc(COCc3cccc(F)c3)cc2C1C. The highest BCUT2D eigenvalue weighted by Crippen LogP contribution is 2.34. The summed E-state index contributed by atoms with van der Waals surface area (Å²) in [4.78, 5) is 27.0.